The van der Waals surface area contributed by atoms with Gasteiger partial charge in [-0.2, -0.15) is 0 Å². The predicted octanol–water partition coefficient (Wildman–Crippen LogP) is 3.78. The molecule has 0 heterocycles. The summed E-state index contributed by atoms with van der Waals surface area (Å²) in [6.45, 7) is 5.02. The van der Waals surface area contributed by atoms with Crippen LogP contribution in [0.3, 0.4) is 0 Å². The van der Waals surface area contributed by atoms with Gasteiger partial charge in [0, 0.05) is 31.7 Å². The Morgan fingerprint density at radius 3 is 2.54 bits per heavy atom. The summed E-state index contributed by atoms with van der Waals surface area (Å²) in [6.07, 6.45) is 0. The molecule has 0 spiro atoms. The smallest absolute Gasteiger partial charge is 0.180 e. The lowest BCUT2D eigenvalue weighted by atomic mass is 10.2. The molecule has 3 N–H and O–H groups in total. The van der Waals surface area contributed by atoms with E-state index in [1.807, 2.05) is 13.0 Å². The highest BCUT2D eigenvalue weighted by molar-refractivity contribution is 6.32. The van der Waals surface area contributed by atoms with Crippen molar-refractivity contribution in [2.75, 3.05) is 32.8 Å². The maximum atomic E-state index is 14.0. The number of benzene rings is 2. The highest BCUT2D eigenvalue weighted by Crippen LogP contribution is 2.37. The topological polar surface area (TPSA) is 62.8 Å². The Balaban J connectivity index is 2.05. The van der Waals surface area contributed by atoms with E-state index in [9.17, 15) is 4.39 Å². The molecule has 2 rings (SSSR count). The fourth-order valence-corrected chi connectivity index (χ4v) is 3.06. The van der Waals surface area contributed by atoms with Gasteiger partial charge < -0.3 is 25.2 Å². The van der Waals surface area contributed by atoms with E-state index in [0.717, 1.165) is 18.7 Å². The summed E-state index contributed by atoms with van der Waals surface area (Å²) in [5, 5.41) is 15.8. The first kappa shape index (κ1) is 22.7. The van der Waals surface area contributed by atoms with Gasteiger partial charge in [-0.25, -0.2) is 4.39 Å². The minimum absolute atomic E-state index is 0.0561. The molecule has 0 bridgehead atoms. The molecule has 154 valence electrons. The van der Waals surface area contributed by atoms with E-state index in [1.54, 1.807) is 18.2 Å². The van der Waals surface area contributed by atoms with Crippen molar-refractivity contribution in [2.24, 2.45) is 0 Å². The van der Waals surface area contributed by atoms with Crippen LogP contribution in [0.15, 0.2) is 30.3 Å². The molecule has 0 fully saturated rings. The van der Waals surface area contributed by atoms with Crippen LogP contribution in [0.5, 0.6) is 11.5 Å². The Bertz CT molecular complexity index is 742. The van der Waals surface area contributed by atoms with Crippen LogP contribution in [-0.2, 0) is 13.2 Å². The zero-order valence-corrected chi connectivity index (χ0v) is 17.2. The average molecular weight is 431 g/mol. The molecular weight excluding hydrogens is 406 g/mol. The van der Waals surface area contributed by atoms with E-state index in [0.29, 0.717) is 41.2 Å². The summed E-state index contributed by atoms with van der Waals surface area (Å²) in [5.74, 6) is 0.422. The molecule has 0 radical (unpaired) electrons. The Labute approximate surface area is 174 Å². The molecule has 8 heteroatoms. The van der Waals surface area contributed by atoms with Crippen molar-refractivity contribution in [3.8, 4) is 11.5 Å². The van der Waals surface area contributed by atoms with Crippen LogP contribution >= 0.6 is 23.2 Å². The quantitative estimate of drug-likeness (QED) is 0.447. The van der Waals surface area contributed by atoms with Gasteiger partial charge in [-0.1, -0.05) is 29.3 Å². The molecule has 0 aliphatic rings. The monoisotopic (exact) mass is 430 g/mol. The summed E-state index contributed by atoms with van der Waals surface area (Å²) in [5.41, 5.74) is 1.20. The van der Waals surface area contributed by atoms with Crippen LogP contribution in [0.2, 0.25) is 10.0 Å². The Morgan fingerprint density at radius 2 is 1.82 bits per heavy atom. The van der Waals surface area contributed by atoms with Gasteiger partial charge in [0.2, 0.25) is 0 Å². The molecule has 0 aromatic heterocycles. The second-order valence-electron chi connectivity index (χ2n) is 5.98. The molecule has 0 amide bonds. The largest absolute Gasteiger partial charge is 0.490 e. The van der Waals surface area contributed by atoms with E-state index in [-0.39, 0.29) is 18.8 Å². The third kappa shape index (κ3) is 6.79. The second kappa shape index (κ2) is 12.1. The maximum absolute atomic E-state index is 14.0. The van der Waals surface area contributed by atoms with Gasteiger partial charge in [0.1, 0.15) is 12.4 Å². The van der Waals surface area contributed by atoms with Crippen LogP contribution < -0.4 is 20.1 Å². The lowest BCUT2D eigenvalue weighted by molar-refractivity contribution is 0.266. The fraction of sp³-hybridized carbons (Fsp3) is 0.400. The van der Waals surface area contributed by atoms with Crippen LogP contribution in [-0.4, -0.2) is 38.0 Å². The third-order valence-electron chi connectivity index (χ3n) is 3.89. The van der Waals surface area contributed by atoms with Crippen molar-refractivity contribution >= 4 is 23.2 Å². The molecule has 2 aromatic rings. The van der Waals surface area contributed by atoms with Gasteiger partial charge >= 0.3 is 0 Å². The standard InChI is InChI=1S/C20H25Cl2FN2O3/c1-2-27-19-11-14(12-25-7-6-24-8-9-26)10-17(22)20(19)28-13-15-16(21)4-3-5-18(15)23/h3-5,10-11,24-26H,2,6-9,12-13H2,1H3. The van der Waals surface area contributed by atoms with Crippen molar-refractivity contribution in [3.05, 3.63) is 57.3 Å². The molecule has 28 heavy (non-hydrogen) atoms. The number of hydrogen-bond donors (Lipinski definition) is 3. The molecule has 0 saturated heterocycles. The molecule has 0 aliphatic heterocycles. The third-order valence-corrected chi connectivity index (χ3v) is 4.52. The molecule has 0 atom stereocenters. The molecular formula is C20H25Cl2FN2O3. The van der Waals surface area contributed by atoms with Crippen molar-refractivity contribution in [3.63, 3.8) is 0 Å². The van der Waals surface area contributed by atoms with E-state index in [4.69, 9.17) is 37.8 Å². The van der Waals surface area contributed by atoms with Crippen molar-refractivity contribution in [1.82, 2.24) is 10.6 Å². The second-order valence-corrected chi connectivity index (χ2v) is 6.79. The Kier molecular flexibility index (Phi) is 9.81. The molecule has 2 aromatic carbocycles. The van der Waals surface area contributed by atoms with Gasteiger partial charge in [0.25, 0.3) is 0 Å². The summed E-state index contributed by atoms with van der Waals surface area (Å²) in [4.78, 5) is 0. The van der Waals surface area contributed by atoms with Crippen LogP contribution in [0.25, 0.3) is 0 Å². The lowest BCUT2D eigenvalue weighted by Gasteiger charge is -2.16. The Hall–Kier alpha value is -1.57. The van der Waals surface area contributed by atoms with Gasteiger partial charge in [0.05, 0.1) is 23.3 Å². The first-order valence-corrected chi connectivity index (χ1v) is 9.85. The highest BCUT2D eigenvalue weighted by Gasteiger charge is 2.15. The average Bonchev–Trinajstić information content (AvgIpc) is 2.66. The van der Waals surface area contributed by atoms with Crippen LogP contribution in [0.1, 0.15) is 18.1 Å². The van der Waals surface area contributed by atoms with Gasteiger partial charge in [-0.3, -0.25) is 0 Å². The summed E-state index contributed by atoms with van der Waals surface area (Å²) < 4.78 is 25.4. The summed E-state index contributed by atoms with van der Waals surface area (Å²) in [7, 11) is 0. The highest BCUT2D eigenvalue weighted by atomic mass is 35.5. The number of halogens is 3. The lowest BCUT2D eigenvalue weighted by Crippen LogP contribution is -2.28. The van der Waals surface area contributed by atoms with Gasteiger partial charge in [-0.05, 0) is 36.8 Å². The fourth-order valence-electron chi connectivity index (χ4n) is 2.55. The van der Waals surface area contributed by atoms with E-state index < -0.39 is 5.82 Å². The van der Waals surface area contributed by atoms with E-state index in [1.165, 1.54) is 6.07 Å². The minimum atomic E-state index is -0.433. The van der Waals surface area contributed by atoms with Crippen LogP contribution in [0, 0.1) is 5.82 Å². The van der Waals surface area contributed by atoms with Crippen LogP contribution in [0.4, 0.5) is 4.39 Å². The first-order chi connectivity index (χ1) is 13.6. The number of aliphatic hydroxyl groups is 1. The van der Waals surface area contributed by atoms with Crippen molar-refractivity contribution in [1.29, 1.82) is 0 Å². The predicted molar refractivity (Wildman–Crippen MR) is 110 cm³/mol. The van der Waals surface area contributed by atoms with Gasteiger partial charge in [0.15, 0.2) is 11.5 Å². The van der Waals surface area contributed by atoms with Gasteiger partial charge in [-0.15, -0.1) is 0 Å². The number of aliphatic hydroxyl groups excluding tert-OH is 1. The zero-order chi connectivity index (χ0) is 20.4. The Morgan fingerprint density at radius 1 is 1.04 bits per heavy atom. The SMILES string of the molecule is CCOc1cc(CNCCNCCO)cc(Cl)c1OCc1c(F)cccc1Cl. The molecule has 0 aliphatic carbocycles. The minimum Gasteiger partial charge on any atom is -0.490 e. The molecule has 0 saturated carbocycles. The number of rotatable bonds is 12. The van der Waals surface area contributed by atoms with Crippen molar-refractivity contribution in [2.45, 2.75) is 20.1 Å². The summed E-state index contributed by atoms with van der Waals surface area (Å²) >= 11 is 12.5. The maximum Gasteiger partial charge on any atom is 0.180 e. The van der Waals surface area contributed by atoms with Crippen molar-refractivity contribution < 1.29 is 19.0 Å². The summed E-state index contributed by atoms with van der Waals surface area (Å²) in [6, 6.07) is 8.12. The molecule has 5 nitrogen and oxygen atoms in total. The number of ether oxygens (including phenoxy) is 2. The molecule has 0 unspecified atom stereocenters. The first-order valence-electron chi connectivity index (χ1n) is 9.10. The number of nitrogens with one attached hydrogen (secondary N) is 2. The number of hydrogen-bond acceptors (Lipinski definition) is 5. The zero-order valence-electron chi connectivity index (χ0n) is 15.7. The van der Waals surface area contributed by atoms with E-state index >= 15 is 0 Å². The normalized spacial score (nSPS) is 10.9. The van der Waals surface area contributed by atoms with E-state index in [2.05, 4.69) is 10.6 Å².